The molecule has 0 saturated carbocycles. The van der Waals surface area contributed by atoms with Gasteiger partial charge in [-0.05, 0) is 28.5 Å². The average molecular weight is 344 g/mol. The second kappa shape index (κ2) is 7.21. The molecule has 7 heteroatoms. The number of hydrogen-bond donors (Lipinski definition) is 1. The fourth-order valence-electron chi connectivity index (χ4n) is 1.59. The molecule has 19 heavy (non-hydrogen) atoms. The van der Waals surface area contributed by atoms with Gasteiger partial charge in [-0.25, -0.2) is 4.39 Å². The summed E-state index contributed by atoms with van der Waals surface area (Å²) in [7, 11) is 0. The third-order valence-electron chi connectivity index (χ3n) is 2.36. The molecule has 1 N–H and O–H groups in total. The maximum Gasteiger partial charge on any atom is 0.411 e. The van der Waals surface area contributed by atoms with Crippen LogP contribution in [-0.4, -0.2) is 25.9 Å². The maximum atomic E-state index is 13.9. The summed E-state index contributed by atoms with van der Waals surface area (Å²) in [4.78, 5) is 0. The number of benzene rings is 1. The second-order valence-electron chi connectivity index (χ2n) is 3.88. The highest BCUT2D eigenvalue weighted by molar-refractivity contribution is 9.10. The molecule has 1 unspecified atom stereocenters. The highest BCUT2D eigenvalue weighted by atomic mass is 79.9. The Morgan fingerprint density at radius 2 is 2.05 bits per heavy atom. The van der Waals surface area contributed by atoms with Gasteiger partial charge in [-0.15, -0.1) is 0 Å². The predicted octanol–water partition coefficient (Wildman–Crippen LogP) is 3.82. The highest BCUT2D eigenvalue weighted by Crippen LogP contribution is 2.24. The summed E-state index contributed by atoms with van der Waals surface area (Å²) >= 11 is 3.04. The molecule has 1 atom stereocenters. The number of ether oxygens (including phenoxy) is 1. The third-order valence-corrected chi connectivity index (χ3v) is 2.97. The number of halogens is 5. The smallest absolute Gasteiger partial charge is 0.370 e. The summed E-state index contributed by atoms with van der Waals surface area (Å²) in [5, 5.41) is 2.90. The van der Waals surface area contributed by atoms with Crippen LogP contribution in [0.5, 0.6) is 0 Å². The highest BCUT2D eigenvalue weighted by Gasteiger charge is 2.28. The lowest BCUT2D eigenvalue weighted by atomic mass is 10.1. The monoisotopic (exact) mass is 343 g/mol. The fourth-order valence-corrected chi connectivity index (χ4v) is 1.97. The van der Waals surface area contributed by atoms with Gasteiger partial charge in [-0.3, -0.25) is 0 Å². The van der Waals surface area contributed by atoms with Crippen molar-refractivity contribution in [1.82, 2.24) is 5.32 Å². The minimum absolute atomic E-state index is 0.249. The maximum absolute atomic E-state index is 13.9. The van der Waals surface area contributed by atoms with E-state index in [0.29, 0.717) is 6.54 Å². The molecule has 2 nitrogen and oxygen atoms in total. The van der Waals surface area contributed by atoms with Crippen molar-refractivity contribution in [1.29, 1.82) is 0 Å². The van der Waals surface area contributed by atoms with Gasteiger partial charge in [0.25, 0.3) is 0 Å². The largest absolute Gasteiger partial charge is 0.411 e. The van der Waals surface area contributed by atoms with Crippen LogP contribution in [0.25, 0.3) is 0 Å². The Balaban J connectivity index is 2.74. The molecule has 0 radical (unpaired) electrons. The Kier molecular flexibility index (Phi) is 6.22. The first-order valence-corrected chi connectivity index (χ1v) is 6.46. The summed E-state index contributed by atoms with van der Waals surface area (Å²) in [6, 6.07) is 4.05. The van der Waals surface area contributed by atoms with Gasteiger partial charge in [0.2, 0.25) is 0 Å². The van der Waals surface area contributed by atoms with E-state index in [9.17, 15) is 17.6 Å². The van der Waals surface area contributed by atoms with Gasteiger partial charge < -0.3 is 10.1 Å². The van der Waals surface area contributed by atoms with Gasteiger partial charge in [-0.2, -0.15) is 13.2 Å². The number of alkyl halides is 3. The molecule has 108 valence electrons. The molecule has 0 saturated heterocycles. The van der Waals surface area contributed by atoms with Gasteiger partial charge in [0.05, 0.1) is 17.1 Å². The number of likely N-dealkylation sites (N-methyl/N-ethyl adjacent to an activating group) is 1. The van der Waals surface area contributed by atoms with E-state index in [0.717, 1.165) is 0 Å². The molecule has 1 aromatic rings. The van der Waals surface area contributed by atoms with E-state index < -0.39 is 24.6 Å². The SMILES string of the molecule is CCNC(COCC(F)(F)F)c1cccc(Br)c1F. The van der Waals surface area contributed by atoms with Gasteiger partial charge in [0, 0.05) is 5.56 Å². The van der Waals surface area contributed by atoms with E-state index in [1.807, 2.05) is 0 Å². The van der Waals surface area contributed by atoms with Crippen LogP contribution in [0.2, 0.25) is 0 Å². The van der Waals surface area contributed by atoms with Crippen LogP contribution in [0.3, 0.4) is 0 Å². The topological polar surface area (TPSA) is 21.3 Å². The quantitative estimate of drug-likeness (QED) is 0.793. The summed E-state index contributed by atoms with van der Waals surface area (Å²) in [6.45, 7) is 0.684. The van der Waals surface area contributed by atoms with Crippen LogP contribution in [0, 0.1) is 5.82 Å². The van der Waals surface area contributed by atoms with Crippen molar-refractivity contribution in [3.05, 3.63) is 34.1 Å². The van der Waals surface area contributed by atoms with Gasteiger partial charge in [0.1, 0.15) is 12.4 Å². The van der Waals surface area contributed by atoms with Crippen molar-refractivity contribution >= 4 is 15.9 Å². The van der Waals surface area contributed by atoms with Crippen LogP contribution in [0.4, 0.5) is 17.6 Å². The molecule has 0 fully saturated rings. The van der Waals surface area contributed by atoms with Crippen molar-refractivity contribution in [2.75, 3.05) is 19.8 Å². The van der Waals surface area contributed by atoms with Crippen molar-refractivity contribution in [3.63, 3.8) is 0 Å². The molecule has 1 rings (SSSR count). The number of nitrogens with one attached hydrogen (secondary N) is 1. The van der Waals surface area contributed by atoms with Crippen molar-refractivity contribution in [2.24, 2.45) is 0 Å². The summed E-state index contributed by atoms with van der Waals surface area (Å²) in [6.07, 6.45) is -4.38. The van der Waals surface area contributed by atoms with Crippen LogP contribution < -0.4 is 5.32 Å². The first-order chi connectivity index (χ1) is 8.85. The van der Waals surface area contributed by atoms with E-state index in [2.05, 4.69) is 26.0 Å². The van der Waals surface area contributed by atoms with Gasteiger partial charge in [0.15, 0.2) is 0 Å². The molecule has 0 spiro atoms. The van der Waals surface area contributed by atoms with Crippen LogP contribution in [-0.2, 0) is 4.74 Å². The van der Waals surface area contributed by atoms with E-state index in [-0.39, 0.29) is 16.6 Å². The lowest BCUT2D eigenvalue weighted by molar-refractivity contribution is -0.175. The zero-order valence-corrected chi connectivity index (χ0v) is 11.8. The molecule has 0 heterocycles. The normalized spacial score (nSPS) is 13.6. The second-order valence-corrected chi connectivity index (χ2v) is 4.74. The Labute approximate surface area is 117 Å². The molecule has 1 aromatic carbocycles. The number of rotatable bonds is 6. The fraction of sp³-hybridized carbons (Fsp3) is 0.500. The minimum atomic E-state index is -4.38. The zero-order valence-electron chi connectivity index (χ0n) is 10.2. The minimum Gasteiger partial charge on any atom is -0.370 e. The molecule has 0 aliphatic heterocycles. The van der Waals surface area contributed by atoms with Gasteiger partial charge >= 0.3 is 6.18 Å². The molecular formula is C12H14BrF4NO. The van der Waals surface area contributed by atoms with E-state index in [1.165, 1.54) is 12.1 Å². The van der Waals surface area contributed by atoms with Crippen molar-refractivity contribution < 1.29 is 22.3 Å². The van der Waals surface area contributed by atoms with Crippen LogP contribution in [0.1, 0.15) is 18.5 Å². The molecular weight excluding hydrogens is 330 g/mol. The molecule has 0 amide bonds. The third kappa shape index (κ3) is 5.46. The van der Waals surface area contributed by atoms with Gasteiger partial charge in [-0.1, -0.05) is 19.1 Å². The predicted molar refractivity (Wildman–Crippen MR) is 67.4 cm³/mol. The van der Waals surface area contributed by atoms with Crippen LogP contribution >= 0.6 is 15.9 Å². The first kappa shape index (κ1) is 16.4. The summed E-state index contributed by atoms with van der Waals surface area (Å²) < 4.78 is 54.8. The first-order valence-electron chi connectivity index (χ1n) is 5.67. The lowest BCUT2D eigenvalue weighted by Gasteiger charge is -2.20. The van der Waals surface area contributed by atoms with E-state index in [4.69, 9.17) is 0 Å². The van der Waals surface area contributed by atoms with Crippen molar-refractivity contribution in [2.45, 2.75) is 19.1 Å². The zero-order chi connectivity index (χ0) is 14.5. The Bertz CT molecular complexity index is 411. The Morgan fingerprint density at radius 3 is 2.63 bits per heavy atom. The van der Waals surface area contributed by atoms with Crippen molar-refractivity contribution in [3.8, 4) is 0 Å². The molecule has 0 bridgehead atoms. The summed E-state index contributed by atoms with van der Waals surface area (Å²) in [5.41, 5.74) is 0.276. The molecule has 0 aliphatic rings. The van der Waals surface area contributed by atoms with Crippen LogP contribution in [0.15, 0.2) is 22.7 Å². The standard InChI is InChI=1S/C12H14BrF4NO/c1-2-18-10(6-19-7-12(15,16)17)8-4-3-5-9(13)11(8)14/h3-5,10,18H,2,6-7H2,1H3. The number of hydrogen-bond acceptors (Lipinski definition) is 2. The van der Waals surface area contributed by atoms with E-state index >= 15 is 0 Å². The average Bonchev–Trinajstić information content (AvgIpc) is 2.30. The Hall–Kier alpha value is -0.660. The molecule has 0 aromatic heterocycles. The lowest BCUT2D eigenvalue weighted by Crippen LogP contribution is -2.28. The van der Waals surface area contributed by atoms with E-state index in [1.54, 1.807) is 13.0 Å². The molecule has 0 aliphatic carbocycles. The Morgan fingerprint density at radius 1 is 1.37 bits per heavy atom. The summed E-state index contributed by atoms with van der Waals surface area (Å²) in [5.74, 6) is -0.496.